The topological polar surface area (TPSA) is 47.1 Å². The van der Waals surface area contributed by atoms with Crippen LogP contribution < -0.4 is 0 Å². The Labute approximate surface area is 143 Å². The van der Waals surface area contributed by atoms with Gasteiger partial charge < -0.3 is 4.42 Å². The molecule has 3 heterocycles. The number of oxazole rings is 1. The van der Waals surface area contributed by atoms with Gasteiger partial charge in [0.05, 0.1) is 11.9 Å². The minimum absolute atomic E-state index is 0.297. The summed E-state index contributed by atoms with van der Waals surface area (Å²) in [5.41, 5.74) is 2.40. The lowest BCUT2D eigenvalue weighted by molar-refractivity contribution is 0.245. The summed E-state index contributed by atoms with van der Waals surface area (Å²) in [6.07, 6.45) is 7.72. The van der Waals surface area contributed by atoms with Crippen LogP contribution in [0, 0.1) is 11.6 Å². The summed E-state index contributed by atoms with van der Waals surface area (Å²) in [6.45, 7) is 1.62. The molecule has 1 saturated heterocycles. The maximum absolute atomic E-state index is 13.4. The van der Waals surface area contributed by atoms with E-state index in [0.717, 1.165) is 37.2 Å². The number of hydrogen-bond acceptors (Lipinski definition) is 4. The van der Waals surface area contributed by atoms with Crippen LogP contribution in [-0.4, -0.2) is 26.2 Å². The summed E-state index contributed by atoms with van der Waals surface area (Å²) in [5.74, 6) is -1.49. The molecule has 0 radical (unpaired) electrons. The summed E-state index contributed by atoms with van der Waals surface area (Å²) in [4.78, 5) is 6.77. The molecule has 3 aromatic rings. The van der Waals surface area contributed by atoms with Crippen LogP contribution in [0.25, 0.3) is 11.5 Å². The molecule has 2 aromatic heterocycles. The number of aryl methyl sites for hydroxylation is 1. The van der Waals surface area contributed by atoms with Crippen molar-refractivity contribution >= 4 is 0 Å². The van der Waals surface area contributed by atoms with E-state index in [2.05, 4.69) is 15.0 Å². The Kier molecular flexibility index (Phi) is 4.09. The molecule has 0 saturated carbocycles. The molecule has 1 aliphatic heterocycles. The Balaban J connectivity index is 1.51. The summed E-state index contributed by atoms with van der Waals surface area (Å²) in [6, 6.07) is 3.95. The fourth-order valence-electron chi connectivity index (χ4n) is 3.35. The molecule has 1 aromatic carbocycles. The third-order valence-electron chi connectivity index (χ3n) is 4.56. The SMILES string of the molecule is Cn1cc([C@@H]2CCCN2Cc2coc(-c3ccc(F)c(F)c3)n2)cn1. The van der Waals surface area contributed by atoms with E-state index >= 15 is 0 Å². The summed E-state index contributed by atoms with van der Waals surface area (Å²) in [7, 11) is 1.91. The zero-order chi connectivity index (χ0) is 17.4. The molecule has 1 aliphatic rings. The molecule has 4 rings (SSSR count). The zero-order valence-corrected chi connectivity index (χ0v) is 13.8. The zero-order valence-electron chi connectivity index (χ0n) is 13.8. The average Bonchev–Trinajstić information content (AvgIpc) is 3.31. The van der Waals surface area contributed by atoms with Gasteiger partial charge in [-0.25, -0.2) is 13.8 Å². The van der Waals surface area contributed by atoms with Gasteiger partial charge in [-0.1, -0.05) is 0 Å². The van der Waals surface area contributed by atoms with Gasteiger partial charge in [-0.3, -0.25) is 9.58 Å². The lowest BCUT2D eigenvalue weighted by atomic mass is 10.1. The molecule has 25 heavy (non-hydrogen) atoms. The monoisotopic (exact) mass is 344 g/mol. The Morgan fingerprint density at radius 1 is 1.28 bits per heavy atom. The molecule has 0 bridgehead atoms. The molecule has 0 amide bonds. The fraction of sp³-hybridized carbons (Fsp3) is 0.333. The normalized spacial score (nSPS) is 18.1. The van der Waals surface area contributed by atoms with Crippen LogP contribution in [0.4, 0.5) is 8.78 Å². The van der Waals surface area contributed by atoms with Crippen molar-refractivity contribution in [3.05, 3.63) is 59.7 Å². The fourth-order valence-corrected chi connectivity index (χ4v) is 3.35. The number of likely N-dealkylation sites (tertiary alicyclic amines) is 1. The first kappa shape index (κ1) is 16.0. The maximum Gasteiger partial charge on any atom is 0.226 e. The second kappa shape index (κ2) is 6.40. The van der Waals surface area contributed by atoms with Crippen molar-refractivity contribution in [2.75, 3.05) is 6.54 Å². The smallest absolute Gasteiger partial charge is 0.226 e. The first-order valence-corrected chi connectivity index (χ1v) is 8.22. The number of nitrogens with zero attached hydrogens (tertiary/aromatic N) is 4. The first-order chi connectivity index (χ1) is 12.1. The lowest BCUT2D eigenvalue weighted by Crippen LogP contribution is -2.22. The van der Waals surface area contributed by atoms with Gasteiger partial charge in [-0.15, -0.1) is 0 Å². The molecule has 0 N–H and O–H groups in total. The molecule has 1 atom stereocenters. The van der Waals surface area contributed by atoms with E-state index in [-0.39, 0.29) is 0 Å². The van der Waals surface area contributed by atoms with E-state index in [1.54, 1.807) is 6.26 Å². The van der Waals surface area contributed by atoms with Crippen LogP contribution in [0.15, 0.2) is 41.3 Å². The van der Waals surface area contributed by atoms with Crippen molar-refractivity contribution in [1.29, 1.82) is 0 Å². The molecule has 0 unspecified atom stereocenters. The van der Waals surface area contributed by atoms with Crippen LogP contribution in [-0.2, 0) is 13.6 Å². The van der Waals surface area contributed by atoms with E-state index < -0.39 is 11.6 Å². The molecule has 130 valence electrons. The second-order valence-corrected chi connectivity index (χ2v) is 6.35. The van der Waals surface area contributed by atoms with Gasteiger partial charge in [0.25, 0.3) is 0 Å². The molecule has 0 spiro atoms. The number of hydrogen-bond donors (Lipinski definition) is 0. The number of halogens is 2. The highest BCUT2D eigenvalue weighted by Gasteiger charge is 2.27. The van der Waals surface area contributed by atoms with Gasteiger partial charge in [0.2, 0.25) is 5.89 Å². The Morgan fingerprint density at radius 2 is 2.16 bits per heavy atom. The first-order valence-electron chi connectivity index (χ1n) is 8.22. The van der Waals surface area contributed by atoms with Gasteiger partial charge in [0, 0.05) is 37.0 Å². The maximum atomic E-state index is 13.4. The van der Waals surface area contributed by atoms with Crippen molar-refractivity contribution < 1.29 is 13.2 Å². The number of aromatic nitrogens is 3. The van der Waals surface area contributed by atoms with Gasteiger partial charge >= 0.3 is 0 Å². The van der Waals surface area contributed by atoms with Gasteiger partial charge in [0.1, 0.15) is 6.26 Å². The summed E-state index contributed by atoms with van der Waals surface area (Å²) in [5, 5.41) is 4.25. The molecular formula is C18H18F2N4O. The third-order valence-corrected chi connectivity index (χ3v) is 4.56. The van der Waals surface area contributed by atoms with Crippen LogP contribution in [0.3, 0.4) is 0 Å². The van der Waals surface area contributed by atoms with Crippen LogP contribution in [0.1, 0.15) is 30.1 Å². The average molecular weight is 344 g/mol. The standard InChI is InChI=1S/C18H18F2N4O/c1-23-9-13(8-21-23)17-3-2-6-24(17)10-14-11-25-18(22-14)12-4-5-15(19)16(20)7-12/h4-5,7-9,11,17H,2-3,6,10H2,1H3/t17-/m0/s1. The molecule has 1 fully saturated rings. The minimum atomic E-state index is -0.909. The van der Waals surface area contributed by atoms with Crippen LogP contribution in [0.2, 0.25) is 0 Å². The Morgan fingerprint density at radius 3 is 2.92 bits per heavy atom. The summed E-state index contributed by atoms with van der Waals surface area (Å²) >= 11 is 0. The van der Waals surface area contributed by atoms with Crippen LogP contribution >= 0.6 is 0 Å². The number of rotatable bonds is 4. The third kappa shape index (κ3) is 3.19. The number of benzene rings is 1. The van der Waals surface area contributed by atoms with Gasteiger partial charge in [-0.05, 0) is 37.6 Å². The van der Waals surface area contributed by atoms with Crippen molar-refractivity contribution in [3.63, 3.8) is 0 Å². The highest BCUT2D eigenvalue weighted by atomic mass is 19.2. The highest BCUT2D eigenvalue weighted by molar-refractivity contribution is 5.53. The Bertz CT molecular complexity index is 889. The Hall–Kier alpha value is -2.54. The predicted molar refractivity (Wildman–Crippen MR) is 87.4 cm³/mol. The van der Waals surface area contributed by atoms with Crippen molar-refractivity contribution in [1.82, 2.24) is 19.7 Å². The van der Waals surface area contributed by atoms with Crippen molar-refractivity contribution in [2.45, 2.75) is 25.4 Å². The predicted octanol–water partition coefficient (Wildman–Crippen LogP) is 3.69. The van der Waals surface area contributed by atoms with E-state index in [4.69, 9.17) is 4.42 Å². The molecule has 0 aliphatic carbocycles. The van der Waals surface area contributed by atoms with Crippen molar-refractivity contribution in [2.24, 2.45) is 7.05 Å². The van der Waals surface area contributed by atoms with E-state index in [1.165, 1.54) is 11.6 Å². The van der Waals surface area contributed by atoms with E-state index in [0.29, 0.717) is 24.0 Å². The highest BCUT2D eigenvalue weighted by Crippen LogP contribution is 2.33. The van der Waals surface area contributed by atoms with Crippen molar-refractivity contribution in [3.8, 4) is 11.5 Å². The summed E-state index contributed by atoms with van der Waals surface area (Å²) < 4.78 is 33.7. The largest absolute Gasteiger partial charge is 0.444 e. The van der Waals surface area contributed by atoms with Gasteiger partial charge in [0.15, 0.2) is 11.6 Å². The second-order valence-electron chi connectivity index (χ2n) is 6.35. The van der Waals surface area contributed by atoms with E-state index in [1.807, 2.05) is 24.1 Å². The molecule has 5 nitrogen and oxygen atoms in total. The minimum Gasteiger partial charge on any atom is -0.444 e. The molecule has 7 heteroatoms. The van der Waals surface area contributed by atoms with Gasteiger partial charge in [-0.2, -0.15) is 5.10 Å². The van der Waals surface area contributed by atoms with E-state index in [9.17, 15) is 8.78 Å². The molecular weight excluding hydrogens is 326 g/mol. The quantitative estimate of drug-likeness (QED) is 0.724. The van der Waals surface area contributed by atoms with Crippen LogP contribution in [0.5, 0.6) is 0 Å². The lowest BCUT2D eigenvalue weighted by Gasteiger charge is -2.22.